The second kappa shape index (κ2) is 12.0. The zero-order valence-electron chi connectivity index (χ0n) is 24.2. The summed E-state index contributed by atoms with van der Waals surface area (Å²) in [6, 6.07) is 20.0. The van der Waals surface area contributed by atoms with Crippen molar-refractivity contribution in [2.75, 3.05) is 11.9 Å². The maximum absolute atomic E-state index is 13.2. The fraction of sp³-hybridized carbons (Fsp3) is 0.242. The molecule has 10 nitrogen and oxygen atoms in total. The summed E-state index contributed by atoms with van der Waals surface area (Å²) in [5.41, 5.74) is 1.94. The fourth-order valence-electron chi connectivity index (χ4n) is 6.16. The number of carbonyl (C=O) groups is 1. The van der Waals surface area contributed by atoms with Crippen LogP contribution in [0.4, 0.5) is 16.6 Å². The normalized spacial score (nSPS) is 18.7. The molecule has 1 aliphatic carbocycles. The number of piperidine rings is 1. The molecule has 1 amide bonds. The van der Waals surface area contributed by atoms with E-state index >= 15 is 0 Å². The van der Waals surface area contributed by atoms with Crippen LogP contribution in [0.5, 0.6) is 5.75 Å². The summed E-state index contributed by atoms with van der Waals surface area (Å²) < 4.78 is 13.3. The molecule has 2 aliphatic rings. The molecule has 1 N–H and O–H groups in total. The van der Waals surface area contributed by atoms with Gasteiger partial charge in [-0.3, -0.25) is 9.36 Å². The number of aryl methyl sites for hydroxylation is 1. The molecule has 1 saturated carbocycles. The Labute approximate surface area is 268 Å². The second-order valence-electron chi connectivity index (χ2n) is 11.2. The lowest BCUT2D eigenvalue weighted by atomic mass is 10.1. The molecule has 45 heavy (non-hydrogen) atoms. The Morgan fingerprint density at radius 3 is 2.53 bits per heavy atom. The first-order valence-corrected chi connectivity index (χ1v) is 15.3. The van der Waals surface area contributed by atoms with Crippen molar-refractivity contribution in [2.45, 2.75) is 31.6 Å². The minimum Gasteiger partial charge on any atom is -0.487 e. The minimum atomic E-state index is -0.311. The molecule has 0 spiro atoms. The van der Waals surface area contributed by atoms with E-state index in [0.717, 1.165) is 18.4 Å². The van der Waals surface area contributed by atoms with Crippen molar-refractivity contribution in [1.82, 2.24) is 24.4 Å². The lowest BCUT2D eigenvalue weighted by Gasteiger charge is -2.32. The van der Waals surface area contributed by atoms with Gasteiger partial charge in [-0.1, -0.05) is 59.6 Å². The highest BCUT2D eigenvalue weighted by atomic mass is 35.5. The van der Waals surface area contributed by atoms with E-state index < -0.39 is 0 Å². The summed E-state index contributed by atoms with van der Waals surface area (Å²) in [5.74, 6) is 1.77. The average Bonchev–Trinajstić information content (AvgIpc) is 3.65. The topological polar surface area (TPSA) is 111 Å². The molecule has 3 aromatic heterocycles. The Bertz CT molecular complexity index is 1930. The van der Waals surface area contributed by atoms with Gasteiger partial charge in [-0.05, 0) is 54.7 Å². The molecule has 0 radical (unpaired) electrons. The van der Waals surface area contributed by atoms with E-state index in [4.69, 9.17) is 32.7 Å². The van der Waals surface area contributed by atoms with Crippen LogP contribution in [-0.2, 0) is 18.4 Å². The molecule has 1 saturated heterocycles. The second-order valence-corrected chi connectivity index (χ2v) is 12.1. The van der Waals surface area contributed by atoms with Gasteiger partial charge in [0.05, 0.1) is 27.8 Å². The van der Waals surface area contributed by atoms with E-state index in [0.29, 0.717) is 56.2 Å². The zero-order valence-corrected chi connectivity index (χ0v) is 25.7. The first-order chi connectivity index (χ1) is 21.8. The van der Waals surface area contributed by atoms with Gasteiger partial charge in [-0.2, -0.15) is 4.98 Å². The molecule has 4 heterocycles. The summed E-state index contributed by atoms with van der Waals surface area (Å²) in [6.07, 6.45) is 4.58. The van der Waals surface area contributed by atoms with E-state index in [1.54, 1.807) is 54.7 Å². The molecule has 5 aromatic rings. The van der Waals surface area contributed by atoms with Crippen LogP contribution in [0.2, 0.25) is 10.0 Å². The number of pyridine rings is 2. The molecule has 1 aliphatic heterocycles. The lowest BCUT2D eigenvalue weighted by molar-refractivity contribution is 0.0464. The molecule has 12 heteroatoms. The van der Waals surface area contributed by atoms with Crippen molar-refractivity contribution in [1.29, 1.82) is 0 Å². The van der Waals surface area contributed by atoms with Crippen LogP contribution in [0.1, 0.15) is 18.4 Å². The molecule has 7 rings (SSSR count). The van der Waals surface area contributed by atoms with Crippen molar-refractivity contribution in [2.24, 2.45) is 13.0 Å². The van der Waals surface area contributed by atoms with Crippen molar-refractivity contribution in [3.8, 4) is 16.9 Å². The fourth-order valence-corrected chi connectivity index (χ4v) is 6.76. The van der Waals surface area contributed by atoms with Crippen molar-refractivity contribution in [3.63, 3.8) is 0 Å². The Balaban J connectivity index is 1.02. The smallest absolute Gasteiger partial charge is 0.410 e. The maximum Gasteiger partial charge on any atom is 0.410 e. The number of nitrogens with one attached hydrogen (secondary N) is 1. The summed E-state index contributed by atoms with van der Waals surface area (Å²) in [7, 11) is 1.64. The molecule has 2 bridgehead atoms. The summed E-state index contributed by atoms with van der Waals surface area (Å²) >= 11 is 12.7. The third kappa shape index (κ3) is 5.79. The first kappa shape index (κ1) is 29.1. The Kier molecular flexibility index (Phi) is 7.76. The highest BCUT2D eigenvalue weighted by Crippen LogP contribution is 2.40. The largest absolute Gasteiger partial charge is 0.487 e. The van der Waals surface area contributed by atoms with Gasteiger partial charge < -0.3 is 19.7 Å². The Morgan fingerprint density at radius 2 is 1.80 bits per heavy atom. The first-order valence-electron chi connectivity index (χ1n) is 14.5. The van der Waals surface area contributed by atoms with E-state index in [9.17, 15) is 9.59 Å². The number of hydrogen-bond donors (Lipinski definition) is 1. The van der Waals surface area contributed by atoms with Crippen LogP contribution < -0.4 is 15.6 Å². The maximum atomic E-state index is 13.2. The number of hydrogen-bond acceptors (Lipinski definition) is 8. The monoisotopic (exact) mass is 642 g/mol. The molecule has 2 aromatic carbocycles. The predicted molar refractivity (Wildman–Crippen MR) is 172 cm³/mol. The number of fused-ring (bicyclic) bond motifs is 3. The van der Waals surface area contributed by atoms with Gasteiger partial charge in [0.1, 0.15) is 29.9 Å². The molecule has 228 valence electrons. The summed E-state index contributed by atoms with van der Waals surface area (Å²) in [5, 5.41) is 4.51. The highest BCUT2D eigenvalue weighted by molar-refractivity contribution is 6.39. The van der Waals surface area contributed by atoms with Gasteiger partial charge >= 0.3 is 6.09 Å². The van der Waals surface area contributed by atoms with E-state index in [1.807, 2.05) is 36.4 Å². The number of amides is 1. The predicted octanol–water partition coefficient (Wildman–Crippen LogP) is 6.62. The zero-order chi connectivity index (χ0) is 31.1. The molecular formula is C33H28Cl2N6O4. The van der Waals surface area contributed by atoms with Crippen LogP contribution in [0.3, 0.4) is 0 Å². The summed E-state index contributed by atoms with van der Waals surface area (Å²) in [4.78, 5) is 41.3. The number of halogens is 2. The number of carbonyl (C=O) groups excluding carboxylic acids is 1. The molecule has 2 fully saturated rings. The van der Waals surface area contributed by atoms with Crippen molar-refractivity contribution >= 4 is 52.1 Å². The van der Waals surface area contributed by atoms with Crippen LogP contribution >= 0.6 is 23.2 Å². The van der Waals surface area contributed by atoms with Gasteiger partial charge in [0.15, 0.2) is 0 Å². The average molecular weight is 644 g/mol. The van der Waals surface area contributed by atoms with Crippen LogP contribution in [0.15, 0.2) is 83.9 Å². The number of benzene rings is 2. The van der Waals surface area contributed by atoms with Gasteiger partial charge in [-0.15, -0.1) is 0 Å². The summed E-state index contributed by atoms with van der Waals surface area (Å²) in [6.45, 7) is 0.929. The van der Waals surface area contributed by atoms with Gasteiger partial charge in [0, 0.05) is 30.7 Å². The van der Waals surface area contributed by atoms with Gasteiger partial charge in [0.25, 0.3) is 5.56 Å². The SMILES string of the molecule is Cn1c(=O)c(-c2c(Cl)cccc2Cl)cc2cnc(Nc3ccc(OC4CC5CC4N(C(=O)OCc4ccccc4)C5)cn3)nc21. The van der Waals surface area contributed by atoms with Crippen LogP contribution in [-0.4, -0.2) is 49.2 Å². The number of ether oxygens (including phenoxy) is 2. The number of rotatable bonds is 7. The quantitative estimate of drug-likeness (QED) is 0.211. The number of nitrogens with zero attached hydrogens (tertiary/aromatic N) is 5. The van der Waals surface area contributed by atoms with Crippen LogP contribution in [0.25, 0.3) is 22.2 Å². The number of likely N-dealkylation sites (tertiary alicyclic amines) is 1. The van der Waals surface area contributed by atoms with E-state index in [2.05, 4.69) is 20.3 Å². The number of anilines is 2. The van der Waals surface area contributed by atoms with Crippen LogP contribution in [0, 0.1) is 5.92 Å². The third-order valence-electron chi connectivity index (χ3n) is 8.31. The Morgan fingerprint density at radius 1 is 1.00 bits per heavy atom. The third-order valence-corrected chi connectivity index (χ3v) is 8.94. The van der Waals surface area contributed by atoms with Crippen molar-refractivity contribution in [3.05, 3.63) is 105 Å². The van der Waals surface area contributed by atoms with E-state index in [1.165, 1.54) is 4.57 Å². The Hall–Kier alpha value is -4.67. The number of aromatic nitrogens is 4. The molecule has 3 atom stereocenters. The van der Waals surface area contributed by atoms with Gasteiger partial charge in [-0.25, -0.2) is 14.8 Å². The van der Waals surface area contributed by atoms with Gasteiger partial charge in [0.2, 0.25) is 5.95 Å². The highest BCUT2D eigenvalue weighted by Gasteiger charge is 2.49. The standard InChI is InChI=1S/C33H28Cl2N6O4/c1-40-30-21(14-23(31(40)42)29-24(34)8-5-9-25(29)35)15-37-32(39-30)38-28-11-10-22(16-36-28)45-27-13-20-12-26(27)41(17-20)33(43)44-18-19-6-3-2-4-7-19/h2-11,14-16,20,26-27H,12-13,17-18H2,1H3,(H,36,37,38,39). The van der Waals surface area contributed by atoms with E-state index in [-0.39, 0.29) is 36.4 Å². The lowest BCUT2D eigenvalue weighted by Crippen LogP contribution is -2.47. The van der Waals surface area contributed by atoms with Crippen molar-refractivity contribution < 1.29 is 14.3 Å². The minimum absolute atomic E-state index is 0.0387. The molecular weight excluding hydrogens is 615 g/mol. The molecule has 3 unspecified atom stereocenters.